The molecule has 2 aromatic rings. The standard InChI is InChI=1S/C14H12BrFN2O2/c1-20-14(19)9-3-2-4-12(13(9)17)18-8-5-6-10(15)11(16)7-8/h2-7,18H,17H2,1H3. The minimum Gasteiger partial charge on any atom is -0.465 e. The molecule has 0 saturated carbocycles. The lowest BCUT2D eigenvalue weighted by Crippen LogP contribution is -2.07. The molecule has 20 heavy (non-hydrogen) atoms. The van der Waals surface area contributed by atoms with Crippen LogP contribution in [0.15, 0.2) is 40.9 Å². The predicted octanol–water partition coefficient (Wildman–Crippen LogP) is 3.70. The molecular formula is C14H12BrFN2O2. The number of nitrogens with two attached hydrogens (primary N) is 1. The minimum absolute atomic E-state index is 0.252. The third-order valence-corrected chi connectivity index (χ3v) is 3.35. The normalized spacial score (nSPS) is 10.2. The van der Waals surface area contributed by atoms with Gasteiger partial charge in [-0.25, -0.2) is 9.18 Å². The van der Waals surface area contributed by atoms with Gasteiger partial charge in [-0.1, -0.05) is 6.07 Å². The lowest BCUT2D eigenvalue weighted by Gasteiger charge is -2.12. The van der Waals surface area contributed by atoms with Crippen molar-refractivity contribution in [3.8, 4) is 0 Å². The molecule has 0 amide bonds. The molecule has 2 rings (SSSR count). The van der Waals surface area contributed by atoms with Gasteiger partial charge in [0.15, 0.2) is 0 Å². The number of methoxy groups -OCH3 is 1. The van der Waals surface area contributed by atoms with Crippen LogP contribution >= 0.6 is 15.9 Å². The van der Waals surface area contributed by atoms with Gasteiger partial charge in [-0.3, -0.25) is 0 Å². The molecule has 0 radical (unpaired) electrons. The van der Waals surface area contributed by atoms with Crippen molar-refractivity contribution < 1.29 is 13.9 Å². The Balaban J connectivity index is 2.34. The first-order valence-corrected chi connectivity index (χ1v) is 6.51. The van der Waals surface area contributed by atoms with Crippen molar-refractivity contribution in [1.29, 1.82) is 0 Å². The fourth-order valence-corrected chi connectivity index (χ4v) is 1.94. The maximum atomic E-state index is 13.5. The van der Waals surface area contributed by atoms with Gasteiger partial charge in [0.05, 0.1) is 28.5 Å². The molecule has 0 aliphatic carbocycles. The highest BCUT2D eigenvalue weighted by atomic mass is 79.9. The first-order chi connectivity index (χ1) is 9.52. The van der Waals surface area contributed by atoms with Gasteiger partial charge in [0.2, 0.25) is 0 Å². The van der Waals surface area contributed by atoms with Crippen LogP contribution in [0.2, 0.25) is 0 Å². The summed E-state index contributed by atoms with van der Waals surface area (Å²) in [4.78, 5) is 11.5. The molecular weight excluding hydrogens is 327 g/mol. The van der Waals surface area contributed by atoms with E-state index in [-0.39, 0.29) is 11.3 Å². The molecule has 0 aliphatic heterocycles. The van der Waals surface area contributed by atoms with Crippen LogP contribution in [0.1, 0.15) is 10.4 Å². The zero-order valence-corrected chi connectivity index (χ0v) is 12.2. The molecule has 0 saturated heterocycles. The van der Waals surface area contributed by atoms with Crippen molar-refractivity contribution in [2.24, 2.45) is 0 Å². The Morgan fingerprint density at radius 3 is 2.75 bits per heavy atom. The van der Waals surface area contributed by atoms with Crippen molar-refractivity contribution in [2.75, 3.05) is 18.2 Å². The van der Waals surface area contributed by atoms with Crippen LogP contribution in [0.5, 0.6) is 0 Å². The Kier molecular flexibility index (Phi) is 4.24. The van der Waals surface area contributed by atoms with E-state index in [0.717, 1.165) is 0 Å². The summed E-state index contributed by atoms with van der Waals surface area (Å²) < 4.78 is 18.5. The smallest absolute Gasteiger partial charge is 0.340 e. The second-order valence-corrected chi connectivity index (χ2v) is 4.87. The summed E-state index contributed by atoms with van der Waals surface area (Å²) in [7, 11) is 1.28. The quantitative estimate of drug-likeness (QED) is 0.661. The van der Waals surface area contributed by atoms with Crippen molar-refractivity contribution >= 4 is 39.0 Å². The van der Waals surface area contributed by atoms with E-state index in [2.05, 4.69) is 26.0 Å². The van der Waals surface area contributed by atoms with Gasteiger partial charge < -0.3 is 15.8 Å². The summed E-state index contributed by atoms with van der Waals surface area (Å²) in [5.41, 5.74) is 7.46. The summed E-state index contributed by atoms with van der Waals surface area (Å²) >= 11 is 3.08. The predicted molar refractivity (Wildman–Crippen MR) is 79.6 cm³/mol. The molecule has 3 N–H and O–H groups in total. The number of benzene rings is 2. The molecule has 0 atom stereocenters. The first kappa shape index (κ1) is 14.3. The van der Waals surface area contributed by atoms with Crippen LogP contribution in [-0.2, 0) is 4.74 Å². The molecule has 0 fully saturated rings. The number of ether oxygens (including phenoxy) is 1. The van der Waals surface area contributed by atoms with Gasteiger partial charge >= 0.3 is 5.97 Å². The third-order valence-electron chi connectivity index (χ3n) is 2.71. The van der Waals surface area contributed by atoms with Crippen LogP contribution in [0, 0.1) is 5.82 Å². The number of nitrogen functional groups attached to an aromatic ring is 1. The molecule has 0 aliphatic rings. The highest BCUT2D eigenvalue weighted by Gasteiger charge is 2.13. The number of hydrogen-bond acceptors (Lipinski definition) is 4. The Bertz CT molecular complexity index is 662. The van der Waals surface area contributed by atoms with Gasteiger partial charge in [0.25, 0.3) is 0 Å². The molecule has 0 aromatic heterocycles. The lowest BCUT2D eigenvalue weighted by molar-refractivity contribution is 0.0602. The molecule has 104 valence electrons. The Morgan fingerprint density at radius 2 is 2.10 bits per heavy atom. The van der Waals surface area contributed by atoms with Crippen LogP contribution in [0.25, 0.3) is 0 Å². The summed E-state index contributed by atoms with van der Waals surface area (Å²) in [6, 6.07) is 9.53. The fraction of sp³-hybridized carbons (Fsp3) is 0.0714. The lowest BCUT2D eigenvalue weighted by atomic mass is 10.1. The second kappa shape index (κ2) is 5.92. The number of anilines is 3. The zero-order valence-electron chi connectivity index (χ0n) is 10.6. The number of carbonyl (C=O) groups excluding carboxylic acids is 1. The molecule has 2 aromatic carbocycles. The van der Waals surface area contributed by atoms with Crippen molar-refractivity contribution in [3.05, 3.63) is 52.3 Å². The summed E-state index contributed by atoms with van der Waals surface area (Å²) in [5, 5.41) is 2.97. The van der Waals surface area contributed by atoms with E-state index in [1.807, 2.05) is 0 Å². The first-order valence-electron chi connectivity index (χ1n) is 5.72. The SMILES string of the molecule is COC(=O)c1cccc(Nc2ccc(Br)c(F)c2)c1N. The molecule has 0 heterocycles. The topological polar surface area (TPSA) is 64.3 Å². The molecule has 0 spiro atoms. The second-order valence-electron chi connectivity index (χ2n) is 4.01. The average molecular weight is 339 g/mol. The van der Waals surface area contributed by atoms with Crippen LogP contribution in [0.3, 0.4) is 0 Å². The minimum atomic E-state index is -0.520. The maximum Gasteiger partial charge on any atom is 0.340 e. The molecule has 0 unspecified atom stereocenters. The zero-order chi connectivity index (χ0) is 14.7. The van der Waals surface area contributed by atoms with E-state index in [0.29, 0.717) is 15.8 Å². The van der Waals surface area contributed by atoms with E-state index in [1.165, 1.54) is 13.2 Å². The molecule has 6 heteroatoms. The van der Waals surface area contributed by atoms with Crippen LogP contribution < -0.4 is 11.1 Å². The Morgan fingerprint density at radius 1 is 1.35 bits per heavy atom. The number of para-hydroxylation sites is 1. The van der Waals surface area contributed by atoms with Gasteiger partial charge in [-0.2, -0.15) is 0 Å². The number of carbonyl (C=O) groups is 1. The van der Waals surface area contributed by atoms with E-state index < -0.39 is 11.8 Å². The number of nitrogens with one attached hydrogen (secondary N) is 1. The van der Waals surface area contributed by atoms with E-state index in [4.69, 9.17) is 5.73 Å². The number of rotatable bonds is 3. The van der Waals surface area contributed by atoms with E-state index >= 15 is 0 Å². The highest BCUT2D eigenvalue weighted by molar-refractivity contribution is 9.10. The van der Waals surface area contributed by atoms with Gasteiger partial charge in [0.1, 0.15) is 5.82 Å². The van der Waals surface area contributed by atoms with Crippen molar-refractivity contribution in [3.63, 3.8) is 0 Å². The van der Waals surface area contributed by atoms with E-state index in [1.54, 1.807) is 30.3 Å². The fourth-order valence-electron chi connectivity index (χ4n) is 1.69. The Labute approximate surface area is 123 Å². The van der Waals surface area contributed by atoms with Crippen LogP contribution in [-0.4, -0.2) is 13.1 Å². The Hall–Kier alpha value is -2.08. The summed E-state index contributed by atoms with van der Waals surface area (Å²) in [6.45, 7) is 0. The summed E-state index contributed by atoms with van der Waals surface area (Å²) in [6.07, 6.45) is 0. The largest absolute Gasteiger partial charge is 0.465 e. The van der Waals surface area contributed by atoms with Gasteiger partial charge in [-0.05, 0) is 46.3 Å². The number of esters is 1. The summed E-state index contributed by atoms with van der Waals surface area (Å²) in [5.74, 6) is -0.911. The highest BCUT2D eigenvalue weighted by Crippen LogP contribution is 2.28. The maximum absolute atomic E-state index is 13.5. The third kappa shape index (κ3) is 2.91. The van der Waals surface area contributed by atoms with E-state index in [9.17, 15) is 9.18 Å². The molecule has 4 nitrogen and oxygen atoms in total. The van der Waals surface area contributed by atoms with Gasteiger partial charge in [0, 0.05) is 5.69 Å². The number of halogens is 2. The van der Waals surface area contributed by atoms with Crippen molar-refractivity contribution in [1.82, 2.24) is 0 Å². The van der Waals surface area contributed by atoms with Crippen LogP contribution in [0.4, 0.5) is 21.5 Å². The number of hydrogen-bond donors (Lipinski definition) is 2. The van der Waals surface area contributed by atoms with Gasteiger partial charge in [-0.15, -0.1) is 0 Å². The van der Waals surface area contributed by atoms with Crippen molar-refractivity contribution in [2.45, 2.75) is 0 Å². The molecule has 0 bridgehead atoms. The monoisotopic (exact) mass is 338 g/mol. The average Bonchev–Trinajstić information content (AvgIpc) is 2.44.